The number of hydrogen-bond donors (Lipinski definition) is 1. The van der Waals surface area contributed by atoms with Crippen LogP contribution in [0.3, 0.4) is 0 Å². The highest BCUT2D eigenvalue weighted by Gasteiger charge is 2.19. The second kappa shape index (κ2) is 7.40. The summed E-state index contributed by atoms with van der Waals surface area (Å²) in [4.78, 5) is 4.42. The molecule has 5 heteroatoms. The first-order valence-electron chi connectivity index (χ1n) is 8.23. The Bertz CT molecular complexity index is 491. The molecular formula is C17H26FN3O. The van der Waals surface area contributed by atoms with Crippen molar-refractivity contribution in [1.29, 1.82) is 0 Å². The summed E-state index contributed by atoms with van der Waals surface area (Å²) in [5.74, 6) is 0.601. The van der Waals surface area contributed by atoms with Crippen LogP contribution in [0.4, 0.5) is 10.1 Å². The van der Waals surface area contributed by atoms with Crippen LogP contribution in [0.25, 0.3) is 0 Å². The Hall–Kier alpha value is -1.17. The molecule has 1 aromatic carbocycles. The summed E-state index contributed by atoms with van der Waals surface area (Å²) in [7, 11) is 2.17. The van der Waals surface area contributed by atoms with Crippen LogP contribution in [0.5, 0.6) is 0 Å². The largest absolute Gasteiger partial charge is 0.378 e. The second-order valence-corrected chi connectivity index (χ2v) is 6.43. The molecule has 0 aromatic heterocycles. The van der Waals surface area contributed by atoms with Crippen LogP contribution in [-0.2, 0) is 11.3 Å². The molecule has 2 aliphatic heterocycles. The van der Waals surface area contributed by atoms with E-state index in [1.807, 2.05) is 12.1 Å². The van der Waals surface area contributed by atoms with Gasteiger partial charge in [0.05, 0.1) is 18.9 Å². The number of morpholine rings is 1. The Labute approximate surface area is 132 Å². The van der Waals surface area contributed by atoms with Crippen molar-refractivity contribution in [1.82, 2.24) is 10.2 Å². The molecule has 3 rings (SSSR count). The van der Waals surface area contributed by atoms with Crippen molar-refractivity contribution in [2.45, 2.75) is 13.0 Å². The van der Waals surface area contributed by atoms with E-state index in [0.29, 0.717) is 18.9 Å². The maximum atomic E-state index is 14.3. The van der Waals surface area contributed by atoms with E-state index in [1.165, 1.54) is 13.0 Å². The van der Waals surface area contributed by atoms with Gasteiger partial charge in [-0.15, -0.1) is 0 Å². The Morgan fingerprint density at radius 1 is 1.27 bits per heavy atom. The molecule has 1 aromatic rings. The van der Waals surface area contributed by atoms with Gasteiger partial charge in [-0.2, -0.15) is 0 Å². The lowest BCUT2D eigenvalue weighted by Crippen LogP contribution is -2.36. The van der Waals surface area contributed by atoms with Gasteiger partial charge >= 0.3 is 0 Å². The van der Waals surface area contributed by atoms with Crippen molar-refractivity contribution in [2.24, 2.45) is 5.92 Å². The monoisotopic (exact) mass is 307 g/mol. The second-order valence-electron chi connectivity index (χ2n) is 6.43. The average molecular weight is 307 g/mol. The van der Waals surface area contributed by atoms with Gasteiger partial charge in [-0.25, -0.2) is 4.39 Å². The minimum absolute atomic E-state index is 0.123. The number of likely N-dealkylation sites (tertiary alicyclic amines) is 1. The fourth-order valence-electron chi connectivity index (χ4n) is 3.33. The van der Waals surface area contributed by atoms with Crippen molar-refractivity contribution >= 4 is 5.69 Å². The third kappa shape index (κ3) is 3.97. The molecule has 1 N–H and O–H groups in total. The number of hydrogen-bond acceptors (Lipinski definition) is 4. The van der Waals surface area contributed by atoms with E-state index in [-0.39, 0.29) is 5.82 Å². The van der Waals surface area contributed by atoms with E-state index >= 15 is 0 Å². The molecule has 0 aliphatic carbocycles. The van der Waals surface area contributed by atoms with Gasteiger partial charge < -0.3 is 19.9 Å². The maximum Gasteiger partial charge on any atom is 0.146 e. The zero-order valence-corrected chi connectivity index (χ0v) is 13.4. The quantitative estimate of drug-likeness (QED) is 0.896. The summed E-state index contributed by atoms with van der Waals surface area (Å²) in [6.07, 6.45) is 1.26. The summed E-state index contributed by atoms with van der Waals surface area (Å²) in [6.45, 7) is 6.99. The van der Waals surface area contributed by atoms with Crippen molar-refractivity contribution in [3.05, 3.63) is 29.6 Å². The summed E-state index contributed by atoms with van der Waals surface area (Å²) in [6, 6.07) is 5.60. The fraction of sp³-hybridized carbons (Fsp3) is 0.647. The van der Waals surface area contributed by atoms with E-state index in [9.17, 15) is 4.39 Å². The smallest absolute Gasteiger partial charge is 0.146 e. The third-order valence-corrected chi connectivity index (χ3v) is 4.61. The molecule has 2 aliphatic rings. The van der Waals surface area contributed by atoms with Gasteiger partial charge in [-0.05, 0) is 50.2 Å². The van der Waals surface area contributed by atoms with E-state index < -0.39 is 0 Å². The van der Waals surface area contributed by atoms with E-state index in [2.05, 4.69) is 22.2 Å². The lowest BCUT2D eigenvalue weighted by molar-refractivity contribution is 0.122. The number of nitrogens with zero attached hydrogens (tertiary/aromatic N) is 2. The van der Waals surface area contributed by atoms with Crippen molar-refractivity contribution in [3.8, 4) is 0 Å². The molecule has 4 nitrogen and oxygen atoms in total. The van der Waals surface area contributed by atoms with Gasteiger partial charge in [-0.3, -0.25) is 0 Å². The standard InChI is InChI=1S/C17H26FN3O/c1-20-5-4-15(13-20)12-19-11-14-2-3-17(16(18)10-14)21-6-8-22-9-7-21/h2-3,10,15,19H,4-9,11-13H2,1H3. The van der Waals surface area contributed by atoms with Gasteiger partial charge in [0, 0.05) is 26.2 Å². The van der Waals surface area contributed by atoms with Gasteiger partial charge in [-0.1, -0.05) is 6.07 Å². The number of anilines is 1. The molecule has 0 bridgehead atoms. The minimum Gasteiger partial charge on any atom is -0.378 e. The summed E-state index contributed by atoms with van der Waals surface area (Å²) in [5, 5.41) is 3.46. The molecule has 0 amide bonds. The molecule has 22 heavy (non-hydrogen) atoms. The van der Waals surface area contributed by atoms with E-state index in [0.717, 1.165) is 44.2 Å². The van der Waals surface area contributed by atoms with Gasteiger partial charge in [0.2, 0.25) is 0 Å². The number of ether oxygens (including phenoxy) is 1. The van der Waals surface area contributed by atoms with Crippen LogP contribution in [-0.4, -0.2) is 57.9 Å². The highest BCUT2D eigenvalue weighted by atomic mass is 19.1. The van der Waals surface area contributed by atoms with Gasteiger partial charge in [0.1, 0.15) is 5.82 Å². The van der Waals surface area contributed by atoms with Gasteiger partial charge in [0.15, 0.2) is 0 Å². The molecule has 0 spiro atoms. The topological polar surface area (TPSA) is 27.7 Å². The number of rotatable bonds is 5. The Kier molecular flexibility index (Phi) is 5.28. The highest BCUT2D eigenvalue weighted by Crippen LogP contribution is 2.21. The van der Waals surface area contributed by atoms with E-state index in [4.69, 9.17) is 4.74 Å². The predicted molar refractivity (Wildman–Crippen MR) is 86.7 cm³/mol. The average Bonchev–Trinajstić information content (AvgIpc) is 2.94. The van der Waals surface area contributed by atoms with Gasteiger partial charge in [0.25, 0.3) is 0 Å². The summed E-state index contributed by atoms with van der Waals surface area (Å²) < 4.78 is 19.6. The van der Waals surface area contributed by atoms with Crippen LogP contribution in [0, 0.1) is 11.7 Å². The molecule has 2 heterocycles. The zero-order chi connectivity index (χ0) is 15.4. The van der Waals surface area contributed by atoms with Crippen molar-refractivity contribution in [2.75, 3.05) is 57.9 Å². The first-order valence-corrected chi connectivity index (χ1v) is 8.23. The Morgan fingerprint density at radius 3 is 2.77 bits per heavy atom. The molecule has 2 saturated heterocycles. The minimum atomic E-state index is -0.123. The third-order valence-electron chi connectivity index (χ3n) is 4.61. The first kappa shape index (κ1) is 15.7. The molecular weight excluding hydrogens is 281 g/mol. The highest BCUT2D eigenvalue weighted by molar-refractivity contribution is 5.49. The van der Waals surface area contributed by atoms with Crippen LogP contribution in [0.2, 0.25) is 0 Å². The zero-order valence-electron chi connectivity index (χ0n) is 13.4. The van der Waals surface area contributed by atoms with Crippen LogP contribution < -0.4 is 10.2 Å². The SMILES string of the molecule is CN1CCC(CNCc2ccc(N3CCOCC3)c(F)c2)C1. The maximum absolute atomic E-state index is 14.3. The Morgan fingerprint density at radius 2 is 2.09 bits per heavy atom. The normalized spacial score (nSPS) is 23.2. The fourth-order valence-corrected chi connectivity index (χ4v) is 3.33. The molecule has 1 atom stereocenters. The van der Waals surface area contributed by atoms with E-state index in [1.54, 1.807) is 6.07 Å². The number of halogens is 1. The molecule has 2 fully saturated rings. The number of nitrogens with one attached hydrogen (secondary N) is 1. The van der Waals surface area contributed by atoms with Crippen LogP contribution in [0.1, 0.15) is 12.0 Å². The molecule has 0 saturated carbocycles. The van der Waals surface area contributed by atoms with Crippen LogP contribution >= 0.6 is 0 Å². The summed E-state index contributed by atoms with van der Waals surface area (Å²) in [5.41, 5.74) is 1.71. The predicted octanol–water partition coefficient (Wildman–Crippen LogP) is 1.70. The Balaban J connectivity index is 1.50. The van der Waals surface area contributed by atoms with Crippen LogP contribution in [0.15, 0.2) is 18.2 Å². The molecule has 0 radical (unpaired) electrons. The van der Waals surface area contributed by atoms with Crippen molar-refractivity contribution < 1.29 is 9.13 Å². The first-order chi connectivity index (χ1) is 10.7. The lowest BCUT2D eigenvalue weighted by atomic mass is 10.1. The summed E-state index contributed by atoms with van der Waals surface area (Å²) >= 11 is 0. The molecule has 122 valence electrons. The van der Waals surface area contributed by atoms with Crippen molar-refractivity contribution in [3.63, 3.8) is 0 Å². The molecule has 1 unspecified atom stereocenters. The number of benzene rings is 1. The lowest BCUT2D eigenvalue weighted by Gasteiger charge is -2.29.